The Kier molecular flexibility index (Phi) is 4.05. The van der Waals surface area contributed by atoms with Crippen LogP contribution >= 0.6 is 0 Å². The second-order valence-corrected chi connectivity index (χ2v) is 6.66. The third-order valence-electron chi connectivity index (χ3n) is 5.04. The van der Waals surface area contributed by atoms with Gasteiger partial charge in [0.1, 0.15) is 5.82 Å². The average Bonchev–Trinajstić information content (AvgIpc) is 3.23. The van der Waals surface area contributed by atoms with E-state index in [1.165, 1.54) is 18.2 Å². The molecule has 1 aliphatic carbocycles. The zero-order valence-corrected chi connectivity index (χ0v) is 13.7. The van der Waals surface area contributed by atoms with E-state index in [9.17, 15) is 17.6 Å². The van der Waals surface area contributed by atoms with E-state index in [0.717, 1.165) is 22.9 Å². The molecular weight excluding hydrogens is 344 g/mol. The number of benzene rings is 2. The van der Waals surface area contributed by atoms with Crippen molar-refractivity contribution in [2.24, 2.45) is 0 Å². The standard InChI is InChI=1S/C20H16F4N2/c21-15-4-1-12(2-5-15)18-8-13(7-16-10-25-11-26-16)19-9-14(20(22,23)24)3-6-17(18)19/h1-6,9-11,13,18H,7-8H2,(H,25,26). The van der Waals surface area contributed by atoms with Gasteiger partial charge in [0.15, 0.2) is 0 Å². The number of fused-ring (bicyclic) bond motifs is 1. The quantitative estimate of drug-likeness (QED) is 0.620. The van der Waals surface area contributed by atoms with Crippen molar-refractivity contribution in [3.05, 3.63) is 88.8 Å². The molecule has 4 rings (SSSR count). The first-order valence-electron chi connectivity index (χ1n) is 8.35. The number of alkyl halides is 3. The highest BCUT2D eigenvalue weighted by Crippen LogP contribution is 2.48. The monoisotopic (exact) mass is 360 g/mol. The maximum absolute atomic E-state index is 13.2. The van der Waals surface area contributed by atoms with Gasteiger partial charge in [0.2, 0.25) is 0 Å². The number of hydrogen-bond acceptors (Lipinski definition) is 1. The van der Waals surface area contributed by atoms with Crippen LogP contribution in [0.3, 0.4) is 0 Å². The molecule has 1 aromatic heterocycles. The lowest BCUT2D eigenvalue weighted by Gasteiger charge is -2.13. The predicted molar refractivity (Wildman–Crippen MR) is 89.3 cm³/mol. The molecular formula is C20H16F4N2. The molecule has 2 atom stereocenters. The Hall–Kier alpha value is -2.63. The van der Waals surface area contributed by atoms with Gasteiger partial charge in [-0.05, 0) is 59.7 Å². The highest BCUT2D eigenvalue weighted by molar-refractivity contribution is 5.47. The molecule has 0 radical (unpaired) electrons. The normalized spacial score (nSPS) is 19.5. The Balaban J connectivity index is 1.75. The number of nitrogens with one attached hydrogen (secondary N) is 1. The first-order valence-corrected chi connectivity index (χ1v) is 8.35. The SMILES string of the molecule is Fc1ccc(C2CC(Cc3cnc[nH]3)c3cc(C(F)(F)F)ccc32)cc1. The van der Waals surface area contributed by atoms with Crippen molar-refractivity contribution in [1.82, 2.24) is 9.97 Å². The molecule has 134 valence electrons. The van der Waals surface area contributed by atoms with Crippen molar-refractivity contribution in [3.8, 4) is 0 Å². The Morgan fingerprint density at radius 3 is 2.46 bits per heavy atom. The Labute approximate surface area is 147 Å². The maximum atomic E-state index is 13.2. The van der Waals surface area contributed by atoms with Crippen LogP contribution in [0.25, 0.3) is 0 Å². The van der Waals surface area contributed by atoms with Crippen molar-refractivity contribution in [1.29, 1.82) is 0 Å². The molecule has 3 aromatic rings. The van der Waals surface area contributed by atoms with Crippen LogP contribution in [0.1, 0.15) is 46.2 Å². The first-order chi connectivity index (χ1) is 12.4. The van der Waals surface area contributed by atoms with Crippen LogP contribution in [0, 0.1) is 5.82 Å². The van der Waals surface area contributed by atoms with Crippen molar-refractivity contribution in [3.63, 3.8) is 0 Å². The van der Waals surface area contributed by atoms with Gasteiger partial charge in [-0.1, -0.05) is 18.2 Å². The van der Waals surface area contributed by atoms with Crippen molar-refractivity contribution in [2.45, 2.75) is 30.9 Å². The Morgan fingerprint density at radius 2 is 1.81 bits per heavy atom. The van der Waals surface area contributed by atoms with Gasteiger partial charge in [0, 0.05) is 17.8 Å². The maximum Gasteiger partial charge on any atom is 0.416 e. The van der Waals surface area contributed by atoms with Gasteiger partial charge in [-0.2, -0.15) is 13.2 Å². The van der Waals surface area contributed by atoms with E-state index in [1.807, 2.05) is 0 Å². The minimum atomic E-state index is -4.37. The summed E-state index contributed by atoms with van der Waals surface area (Å²) in [6.45, 7) is 0. The number of nitrogens with zero attached hydrogens (tertiary/aromatic N) is 1. The minimum absolute atomic E-state index is 0.0409. The zero-order valence-electron chi connectivity index (χ0n) is 13.7. The molecule has 26 heavy (non-hydrogen) atoms. The summed E-state index contributed by atoms with van der Waals surface area (Å²) >= 11 is 0. The van der Waals surface area contributed by atoms with Gasteiger partial charge in [0.05, 0.1) is 11.9 Å². The molecule has 1 aliphatic rings. The van der Waals surface area contributed by atoms with Crippen LogP contribution in [0.5, 0.6) is 0 Å². The van der Waals surface area contributed by atoms with Crippen LogP contribution in [-0.4, -0.2) is 9.97 Å². The van der Waals surface area contributed by atoms with Gasteiger partial charge in [-0.15, -0.1) is 0 Å². The van der Waals surface area contributed by atoms with Crippen LogP contribution in [-0.2, 0) is 12.6 Å². The van der Waals surface area contributed by atoms with Gasteiger partial charge in [-0.3, -0.25) is 0 Å². The van der Waals surface area contributed by atoms with Gasteiger partial charge >= 0.3 is 6.18 Å². The average molecular weight is 360 g/mol. The summed E-state index contributed by atoms with van der Waals surface area (Å²) < 4.78 is 52.7. The van der Waals surface area contributed by atoms with E-state index < -0.39 is 11.7 Å². The number of aromatic nitrogens is 2. The molecule has 0 spiro atoms. The summed E-state index contributed by atoms with van der Waals surface area (Å²) in [5.41, 5.74) is 2.76. The first kappa shape index (κ1) is 16.8. The number of rotatable bonds is 3. The molecule has 6 heteroatoms. The smallest absolute Gasteiger partial charge is 0.348 e. The third-order valence-corrected chi connectivity index (χ3v) is 5.04. The summed E-state index contributed by atoms with van der Waals surface area (Å²) in [4.78, 5) is 7.01. The lowest BCUT2D eigenvalue weighted by Crippen LogP contribution is -2.07. The summed E-state index contributed by atoms with van der Waals surface area (Å²) in [6.07, 6.45) is 0.155. The Bertz CT molecular complexity index is 899. The second-order valence-electron chi connectivity index (χ2n) is 6.66. The number of halogens is 4. The van der Waals surface area contributed by atoms with E-state index in [-0.39, 0.29) is 17.7 Å². The fourth-order valence-corrected chi connectivity index (χ4v) is 3.83. The number of aromatic amines is 1. The van der Waals surface area contributed by atoms with Gasteiger partial charge < -0.3 is 4.98 Å². The fourth-order valence-electron chi connectivity index (χ4n) is 3.83. The molecule has 1 heterocycles. The highest BCUT2D eigenvalue weighted by Gasteiger charge is 2.36. The number of imidazole rings is 1. The summed E-state index contributed by atoms with van der Waals surface area (Å²) in [5, 5.41) is 0. The molecule has 1 N–H and O–H groups in total. The van der Waals surface area contributed by atoms with E-state index in [0.29, 0.717) is 18.4 Å². The molecule has 2 unspecified atom stereocenters. The summed E-state index contributed by atoms with van der Waals surface area (Å²) in [5.74, 6) is -0.419. The molecule has 0 saturated heterocycles. The molecule has 0 bridgehead atoms. The van der Waals surface area contributed by atoms with Crippen molar-refractivity contribution in [2.75, 3.05) is 0 Å². The second kappa shape index (κ2) is 6.27. The molecule has 0 amide bonds. The van der Waals surface area contributed by atoms with E-state index in [2.05, 4.69) is 9.97 Å². The summed E-state index contributed by atoms with van der Waals surface area (Å²) in [7, 11) is 0. The number of hydrogen-bond donors (Lipinski definition) is 1. The van der Waals surface area contributed by atoms with Gasteiger partial charge in [-0.25, -0.2) is 9.37 Å². The van der Waals surface area contributed by atoms with Crippen LogP contribution in [0.15, 0.2) is 55.0 Å². The zero-order chi connectivity index (χ0) is 18.3. The van der Waals surface area contributed by atoms with E-state index in [4.69, 9.17) is 0 Å². The number of H-pyrrole nitrogens is 1. The van der Waals surface area contributed by atoms with E-state index >= 15 is 0 Å². The van der Waals surface area contributed by atoms with Gasteiger partial charge in [0.25, 0.3) is 0 Å². The molecule has 0 fully saturated rings. The van der Waals surface area contributed by atoms with E-state index in [1.54, 1.807) is 30.7 Å². The third kappa shape index (κ3) is 3.11. The van der Waals surface area contributed by atoms with Crippen molar-refractivity contribution < 1.29 is 17.6 Å². The minimum Gasteiger partial charge on any atom is -0.348 e. The largest absolute Gasteiger partial charge is 0.416 e. The van der Waals surface area contributed by atoms with Crippen molar-refractivity contribution >= 4 is 0 Å². The lowest BCUT2D eigenvalue weighted by atomic mass is 9.92. The van der Waals surface area contributed by atoms with Crippen LogP contribution in [0.4, 0.5) is 17.6 Å². The molecule has 2 nitrogen and oxygen atoms in total. The Morgan fingerprint density at radius 1 is 1.04 bits per heavy atom. The lowest BCUT2D eigenvalue weighted by molar-refractivity contribution is -0.137. The van der Waals surface area contributed by atoms with Crippen LogP contribution < -0.4 is 0 Å². The van der Waals surface area contributed by atoms with Crippen LogP contribution in [0.2, 0.25) is 0 Å². The molecule has 2 aromatic carbocycles. The summed E-state index contributed by atoms with van der Waals surface area (Å²) in [6, 6.07) is 10.2. The molecule has 0 aliphatic heterocycles. The fraction of sp³-hybridized carbons (Fsp3) is 0.250. The molecule has 0 saturated carbocycles. The predicted octanol–water partition coefficient (Wildman–Crippen LogP) is 5.43. The highest BCUT2D eigenvalue weighted by atomic mass is 19.4. The topological polar surface area (TPSA) is 28.7 Å².